The standard InChI is InChI=1S/C17H17N5O2/c1-3-22-15(11-6-10-4-5-21(2)14(10)18-8-11)20-13-7-12(17(23)24)9-19-16(13)22/h6-9H,3-5H2,1-2H3,(H,23,24). The molecule has 0 unspecified atom stereocenters. The number of anilines is 1. The molecule has 0 aromatic carbocycles. The van der Waals surface area contributed by atoms with Gasteiger partial charge >= 0.3 is 5.97 Å². The van der Waals surface area contributed by atoms with Crippen molar-refractivity contribution in [2.24, 2.45) is 0 Å². The van der Waals surface area contributed by atoms with Gasteiger partial charge < -0.3 is 14.6 Å². The van der Waals surface area contributed by atoms with Gasteiger partial charge in [-0.1, -0.05) is 0 Å². The van der Waals surface area contributed by atoms with Crippen molar-refractivity contribution in [1.82, 2.24) is 19.5 Å². The lowest BCUT2D eigenvalue weighted by atomic mass is 10.1. The number of hydrogen-bond acceptors (Lipinski definition) is 5. The van der Waals surface area contributed by atoms with Crippen LogP contribution in [-0.4, -0.2) is 44.2 Å². The monoisotopic (exact) mass is 323 g/mol. The Bertz CT molecular complexity index is 963. The van der Waals surface area contributed by atoms with Crippen LogP contribution in [-0.2, 0) is 13.0 Å². The highest BCUT2D eigenvalue weighted by atomic mass is 16.4. The van der Waals surface area contributed by atoms with E-state index in [2.05, 4.69) is 25.9 Å². The summed E-state index contributed by atoms with van der Waals surface area (Å²) in [7, 11) is 2.04. The number of nitrogens with zero attached hydrogens (tertiary/aromatic N) is 5. The lowest BCUT2D eigenvalue weighted by Gasteiger charge is -2.11. The molecule has 122 valence electrons. The molecule has 0 spiro atoms. The number of rotatable bonds is 3. The number of aromatic nitrogens is 4. The first kappa shape index (κ1) is 14.6. The Morgan fingerprint density at radius 2 is 2.12 bits per heavy atom. The molecule has 7 heteroatoms. The molecule has 3 aromatic rings. The molecule has 1 N–H and O–H groups in total. The Balaban J connectivity index is 1.88. The predicted molar refractivity (Wildman–Crippen MR) is 90.4 cm³/mol. The summed E-state index contributed by atoms with van der Waals surface area (Å²) < 4.78 is 1.99. The van der Waals surface area contributed by atoms with Gasteiger partial charge in [-0.05, 0) is 31.0 Å². The summed E-state index contributed by atoms with van der Waals surface area (Å²) in [6, 6.07) is 3.69. The average Bonchev–Trinajstić information content (AvgIpc) is 3.14. The zero-order valence-electron chi connectivity index (χ0n) is 13.5. The van der Waals surface area contributed by atoms with Crippen molar-refractivity contribution >= 4 is 23.0 Å². The highest BCUT2D eigenvalue weighted by Gasteiger charge is 2.20. The summed E-state index contributed by atoms with van der Waals surface area (Å²) in [5.74, 6) is 0.788. The van der Waals surface area contributed by atoms with Crippen molar-refractivity contribution in [1.29, 1.82) is 0 Å². The molecular weight excluding hydrogens is 306 g/mol. The Morgan fingerprint density at radius 1 is 1.29 bits per heavy atom. The van der Waals surface area contributed by atoms with E-state index in [0.717, 1.165) is 30.2 Å². The predicted octanol–water partition coefficient (Wildman–Crippen LogP) is 2.20. The molecule has 0 aliphatic carbocycles. The number of carboxylic acid groups (broad SMARTS) is 1. The smallest absolute Gasteiger partial charge is 0.337 e. The highest BCUT2D eigenvalue weighted by molar-refractivity contribution is 5.91. The van der Waals surface area contributed by atoms with E-state index in [9.17, 15) is 4.79 Å². The minimum Gasteiger partial charge on any atom is -0.478 e. The lowest BCUT2D eigenvalue weighted by molar-refractivity contribution is 0.0696. The minimum atomic E-state index is -1.00. The van der Waals surface area contributed by atoms with E-state index in [1.165, 1.54) is 11.8 Å². The summed E-state index contributed by atoms with van der Waals surface area (Å²) in [6.07, 6.45) is 4.17. The Kier molecular flexibility index (Phi) is 3.23. The number of likely N-dealkylation sites (N-methyl/N-ethyl adjacent to an activating group) is 1. The second-order valence-corrected chi connectivity index (χ2v) is 5.93. The Hall–Kier alpha value is -2.96. The molecule has 4 rings (SSSR count). The number of imidazole rings is 1. The third-order valence-corrected chi connectivity index (χ3v) is 4.43. The molecule has 0 amide bonds. The quantitative estimate of drug-likeness (QED) is 0.795. The zero-order valence-corrected chi connectivity index (χ0v) is 13.5. The molecule has 0 fully saturated rings. The van der Waals surface area contributed by atoms with Gasteiger partial charge in [0.1, 0.15) is 17.2 Å². The van der Waals surface area contributed by atoms with Crippen LogP contribution in [0, 0.1) is 0 Å². The molecule has 0 saturated heterocycles. The molecule has 0 bridgehead atoms. The Morgan fingerprint density at radius 3 is 2.88 bits per heavy atom. The third kappa shape index (κ3) is 2.12. The first-order valence-electron chi connectivity index (χ1n) is 7.88. The van der Waals surface area contributed by atoms with Gasteiger partial charge in [0.2, 0.25) is 0 Å². The molecule has 7 nitrogen and oxygen atoms in total. The summed E-state index contributed by atoms with van der Waals surface area (Å²) >= 11 is 0. The van der Waals surface area contributed by atoms with Crippen molar-refractivity contribution < 1.29 is 9.90 Å². The van der Waals surface area contributed by atoms with E-state index in [0.29, 0.717) is 17.7 Å². The van der Waals surface area contributed by atoms with Crippen LogP contribution in [0.5, 0.6) is 0 Å². The van der Waals surface area contributed by atoms with Gasteiger partial charge in [0.15, 0.2) is 5.65 Å². The topological polar surface area (TPSA) is 84.1 Å². The number of aryl methyl sites for hydroxylation is 1. The van der Waals surface area contributed by atoms with E-state index < -0.39 is 5.97 Å². The van der Waals surface area contributed by atoms with E-state index >= 15 is 0 Å². The number of fused-ring (bicyclic) bond motifs is 2. The first-order valence-corrected chi connectivity index (χ1v) is 7.88. The number of carboxylic acids is 1. The lowest BCUT2D eigenvalue weighted by Crippen LogP contribution is -2.13. The summed E-state index contributed by atoms with van der Waals surface area (Å²) in [5, 5.41) is 9.14. The van der Waals surface area contributed by atoms with Gasteiger partial charge in [-0.3, -0.25) is 0 Å². The second-order valence-electron chi connectivity index (χ2n) is 5.93. The van der Waals surface area contributed by atoms with Crippen molar-refractivity contribution in [3.63, 3.8) is 0 Å². The van der Waals surface area contributed by atoms with E-state index in [1.807, 2.05) is 24.7 Å². The van der Waals surface area contributed by atoms with Crippen molar-refractivity contribution in [3.8, 4) is 11.4 Å². The third-order valence-electron chi connectivity index (χ3n) is 4.43. The molecule has 4 heterocycles. The van der Waals surface area contributed by atoms with E-state index in [-0.39, 0.29) is 5.56 Å². The van der Waals surface area contributed by atoms with Crippen LogP contribution >= 0.6 is 0 Å². The minimum absolute atomic E-state index is 0.142. The zero-order chi connectivity index (χ0) is 16.8. The maximum atomic E-state index is 11.1. The van der Waals surface area contributed by atoms with Gasteiger partial charge in [0, 0.05) is 38.1 Å². The molecule has 0 atom stereocenters. The second kappa shape index (κ2) is 5.30. The summed E-state index contributed by atoms with van der Waals surface area (Å²) in [5.41, 5.74) is 3.56. The fraction of sp³-hybridized carbons (Fsp3) is 0.294. The number of pyridine rings is 2. The van der Waals surface area contributed by atoms with Gasteiger partial charge in [-0.2, -0.15) is 0 Å². The van der Waals surface area contributed by atoms with Gasteiger partial charge in [0.25, 0.3) is 0 Å². The average molecular weight is 323 g/mol. The fourth-order valence-electron chi connectivity index (χ4n) is 3.19. The molecule has 0 saturated carbocycles. The first-order chi connectivity index (χ1) is 11.6. The molecule has 24 heavy (non-hydrogen) atoms. The van der Waals surface area contributed by atoms with E-state index in [1.54, 1.807) is 6.07 Å². The number of carbonyl (C=O) groups is 1. The van der Waals surface area contributed by atoms with Crippen LogP contribution in [0.2, 0.25) is 0 Å². The van der Waals surface area contributed by atoms with Crippen LogP contribution in [0.25, 0.3) is 22.6 Å². The highest BCUT2D eigenvalue weighted by Crippen LogP contribution is 2.30. The van der Waals surface area contributed by atoms with Crippen molar-refractivity contribution in [2.75, 3.05) is 18.5 Å². The maximum absolute atomic E-state index is 11.1. The summed E-state index contributed by atoms with van der Waals surface area (Å²) in [4.78, 5) is 26.8. The van der Waals surface area contributed by atoms with Crippen LogP contribution in [0.15, 0.2) is 24.5 Å². The van der Waals surface area contributed by atoms with Crippen LogP contribution in [0.1, 0.15) is 22.8 Å². The van der Waals surface area contributed by atoms with Crippen LogP contribution < -0.4 is 4.90 Å². The number of aromatic carboxylic acids is 1. The maximum Gasteiger partial charge on any atom is 0.337 e. The van der Waals surface area contributed by atoms with E-state index in [4.69, 9.17) is 5.11 Å². The number of hydrogen-bond donors (Lipinski definition) is 1. The van der Waals surface area contributed by atoms with Crippen molar-refractivity contribution in [2.45, 2.75) is 19.9 Å². The van der Waals surface area contributed by atoms with Gasteiger partial charge in [-0.25, -0.2) is 19.7 Å². The van der Waals surface area contributed by atoms with Crippen LogP contribution in [0.3, 0.4) is 0 Å². The SMILES string of the molecule is CCn1c(-c2cnc3c(c2)CCN3C)nc2cc(C(=O)O)cnc21. The molecule has 1 aliphatic heterocycles. The normalized spacial score (nSPS) is 13.5. The molecule has 0 radical (unpaired) electrons. The van der Waals surface area contributed by atoms with Gasteiger partial charge in [-0.15, -0.1) is 0 Å². The van der Waals surface area contributed by atoms with Gasteiger partial charge in [0.05, 0.1) is 5.56 Å². The summed E-state index contributed by atoms with van der Waals surface area (Å²) in [6.45, 7) is 3.69. The molecular formula is C17H17N5O2. The van der Waals surface area contributed by atoms with Crippen LogP contribution in [0.4, 0.5) is 5.82 Å². The molecule has 1 aliphatic rings. The molecule has 3 aromatic heterocycles. The Labute approximate surface area is 138 Å². The largest absolute Gasteiger partial charge is 0.478 e. The van der Waals surface area contributed by atoms with Crippen molar-refractivity contribution in [3.05, 3.63) is 35.7 Å². The fourth-order valence-corrected chi connectivity index (χ4v) is 3.19.